The van der Waals surface area contributed by atoms with Gasteiger partial charge in [0.15, 0.2) is 11.6 Å². The van der Waals surface area contributed by atoms with Gasteiger partial charge in [-0.3, -0.25) is 9.59 Å². The molecule has 4 aliphatic carbocycles. The molecular formula is C23H34O4S. The molecule has 3 fully saturated rings. The lowest BCUT2D eigenvalue weighted by Crippen LogP contribution is -2.58. The summed E-state index contributed by atoms with van der Waals surface area (Å²) >= 11 is 1.42. The van der Waals surface area contributed by atoms with Crippen LogP contribution in [0.2, 0.25) is 0 Å². The molecule has 0 aromatic rings. The highest BCUT2D eigenvalue weighted by Gasteiger charge is 2.65. The normalized spacial score (nSPS) is 45.1. The minimum absolute atomic E-state index is 0.0414. The van der Waals surface area contributed by atoms with E-state index < -0.39 is 5.60 Å². The highest BCUT2D eigenvalue weighted by Crippen LogP contribution is 2.67. The summed E-state index contributed by atoms with van der Waals surface area (Å²) in [5, 5.41) is 20.5. The molecule has 4 nitrogen and oxygen atoms in total. The number of rotatable bonds is 5. The molecule has 0 radical (unpaired) electrons. The van der Waals surface area contributed by atoms with Gasteiger partial charge in [-0.05, 0) is 74.2 Å². The van der Waals surface area contributed by atoms with Crippen molar-refractivity contribution in [3.63, 3.8) is 0 Å². The van der Waals surface area contributed by atoms with Crippen molar-refractivity contribution in [1.82, 2.24) is 0 Å². The van der Waals surface area contributed by atoms with E-state index >= 15 is 0 Å². The van der Waals surface area contributed by atoms with Crippen molar-refractivity contribution in [2.45, 2.75) is 70.8 Å². The SMILES string of the molecule is C[C@]12CCC(=O)C=C1CC[C@@H]1[C@H]2CC[C@@]2(C)[C@@H]1CC[C@]2(O)C(=O)CSCCO. The first kappa shape index (κ1) is 20.6. The molecule has 5 heteroatoms. The molecule has 0 aromatic carbocycles. The van der Waals surface area contributed by atoms with Gasteiger partial charge in [-0.25, -0.2) is 0 Å². The van der Waals surface area contributed by atoms with Crippen LogP contribution in [0, 0.1) is 28.6 Å². The fourth-order valence-electron chi connectivity index (χ4n) is 7.38. The molecule has 2 N–H and O–H groups in total. The van der Waals surface area contributed by atoms with Crippen molar-refractivity contribution in [1.29, 1.82) is 0 Å². The van der Waals surface area contributed by atoms with Crippen molar-refractivity contribution < 1.29 is 19.8 Å². The Balaban J connectivity index is 1.58. The van der Waals surface area contributed by atoms with E-state index in [0.29, 0.717) is 42.1 Å². The molecule has 0 unspecified atom stereocenters. The van der Waals surface area contributed by atoms with E-state index in [2.05, 4.69) is 13.8 Å². The highest BCUT2D eigenvalue weighted by atomic mass is 32.2. The number of carbonyl (C=O) groups is 2. The van der Waals surface area contributed by atoms with Crippen molar-refractivity contribution in [2.24, 2.45) is 28.6 Å². The van der Waals surface area contributed by atoms with E-state index in [9.17, 15) is 14.7 Å². The number of hydrogen-bond acceptors (Lipinski definition) is 5. The van der Waals surface area contributed by atoms with E-state index in [1.807, 2.05) is 6.08 Å². The van der Waals surface area contributed by atoms with Gasteiger partial charge in [-0.1, -0.05) is 19.4 Å². The fourth-order valence-corrected chi connectivity index (χ4v) is 8.08. The minimum Gasteiger partial charge on any atom is -0.396 e. The third-order valence-corrected chi connectivity index (χ3v) is 9.98. The third kappa shape index (κ3) is 2.87. The smallest absolute Gasteiger partial charge is 0.174 e. The van der Waals surface area contributed by atoms with Gasteiger partial charge in [-0.15, -0.1) is 0 Å². The van der Waals surface area contributed by atoms with E-state index in [1.165, 1.54) is 17.3 Å². The van der Waals surface area contributed by atoms with Crippen LogP contribution in [0.15, 0.2) is 11.6 Å². The predicted molar refractivity (Wildman–Crippen MR) is 111 cm³/mol. The second-order valence-corrected chi connectivity index (χ2v) is 11.1. The Morgan fingerprint density at radius 2 is 1.89 bits per heavy atom. The molecule has 4 rings (SSSR count). The number of aliphatic hydroxyl groups is 2. The standard InChI is InChI=1S/C23H34O4S/c1-21-8-5-16(25)13-15(21)3-4-17-18(21)6-9-22(2)19(17)7-10-23(22,27)20(26)14-28-12-11-24/h13,17-19,24,27H,3-12,14H2,1-2H3/t17-,18-,19-,21+,22+,23+/m1/s1. The molecule has 0 aliphatic heterocycles. The molecule has 0 heterocycles. The van der Waals surface area contributed by atoms with Crippen molar-refractivity contribution in [3.8, 4) is 0 Å². The maximum Gasteiger partial charge on any atom is 0.174 e. The maximum absolute atomic E-state index is 13.0. The van der Waals surface area contributed by atoms with Crippen LogP contribution in [-0.2, 0) is 9.59 Å². The Hall–Kier alpha value is -0.650. The topological polar surface area (TPSA) is 74.6 Å². The Labute approximate surface area is 172 Å². The summed E-state index contributed by atoms with van der Waals surface area (Å²) in [6.07, 6.45) is 9.07. The Morgan fingerprint density at radius 3 is 2.64 bits per heavy atom. The summed E-state index contributed by atoms with van der Waals surface area (Å²) in [7, 11) is 0. The average molecular weight is 407 g/mol. The summed E-state index contributed by atoms with van der Waals surface area (Å²) < 4.78 is 0. The minimum atomic E-state index is -1.22. The summed E-state index contributed by atoms with van der Waals surface area (Å²) in [5.41, 5.74) is -0.0734. The van der Waals surface area contributed by atoms with Crippen LogP contribution in [0.5, 0.6) is 0 Å². The van der Waals surface area contributed by atoms with Gasteiger partial charge in [0.25, 0.3) is 0 Å². The number of fused-ring (bicyclic) bond motifs is 5. The summed E-state index contributed by atoms with van der Waals surface area (Å²) in [5.74, 6) is 2.58. The molecule has 0 bridgehead atoms. The zero-order chi connectivity index (χ0) is 20.2. The number of allylic oxidation sites excluding steroid dienone is 1. The zero-order valence-electron chi connectivity index (χ0n) is 17.2. The maximum atomic E-state index is 13.0. The van der Waals surface area contributed by atoms with Gasteiger partial charge < -0.3 is 10.2 Å². The van der Waals surface area contributed by atoms with E-state index in [-0.39, 0.29) is 29.0 Å². The summed E-state index contributed by atoms with van der Waals surface area (Å²) in [4.78, 5) is 24.9. The quantitative estimate of drug-likeness (QED) is 0.683. The Kier molecular flexibility index (Phi) is 5.33. The van der Waals surface area contributed by atoms with Crippen molar-refractivity contribution in [3.05, 3.63) is 11.6 Å². The molecule has 3 saturated carbocycles. The van der Waals surface area contributed by atoms with Gasteiger partial charge in [0, 0.05) is 17.6 Å². The lowest BCUT2D eigenvalue weighted by atomic mass is 9.46. The van der Waals surface area contributed by atoms with E-state index in [0.717, 1.165) is 38.5 Å². The monoisotopic (exact) mass is 406 g/mol. The molecule has 4 aliphatic rings. The number of carbonyl (C=O) groups excluding carboxylic acids is 2. The van der Waals surface area contributed by atoms with Crippen molar-refractivity contribution >= 4 is 23.3 Å². The molecule has 6 atom stereocenters. The Bertz CT molecular complexity index is 703. The van der Waals surface area contributed by atoms with Crippen LogP contribution in [0.4, 0.5) is 0 Å². The molecule has 0 aromatic heterocycles. The van der Waals surface area contributed by atoms with Gasteiger partial charge in [-0.2, -0.15) is 11.8 Å². The molecule has 0 saturated heterocycles. The van der Waals surface area contributed by atoms with E-state index in [1.54, 1.807) is 0 Å². The molecular weight excluding hydrogens is 372 g/mol. The first-order valence-electron chi connectivity index (χ1n) is 10.9. The summed E-state index contributed by atoms with van der Waals surface area (Å²) in [6, 6.07) is 0. The largest absolute Gasteiger partial charge is 0.396 e. The predicted octanol–water partition coefficient (Wildman–Crippen LogP) is 3.54. The Morgan fingerprint density at radius 1 is 1.14 bits per heavy atom. The number of hydrogen-bond donors (Lipinski definition) is 2. The van der Waals surface area contributed by atoms with Gasteiger partial charge >= 0.3 is 0 Å². The van der Waals surface area contributed by atoms with E-state index in [4.69, 9.17) is 5.11 Å². The summed E-state index contributed by atoms with van der Waals surface area (Å²) in [6.45, 7) is 4.59. The lowest BCUT2D eigenvalue weighted by Gasteiger charge is -2.58. The van der Waals surface area contributed by atoms with Crippen LogP contribution in [0.25, 0.3) is 0 Å². The first-order valence-corrected chi connectivity index (χ1v) is 12.1. The van der Waals surface area contributed by atoms with Crippen LogP contribution < -0.4 is 0 Å². The second-order valence-electron chi connectivity index (χ2n) is 10.0. The zero-order valence-corrected chi connectivity index (χ0v) is 18.0. The van der Waals surface area contributed by atoms with Crippen LogP contribution in [-0.4, -0.2) is 45.5 Å². The van der Waals surface area contributed by atoms with Crippen LogP contribution in [0.3, 0.4) is 0 Å². The second kappa shape index (κ2) is 7.24. The fraction of sp³-hybridized carbons (Fsp3) is 0.826. The molecule has 28 heavy (non-hydrogen) atoms. The number of Topliss-reactive ketones (excluding diaryl/α,β-unsaturated/α-hetero) is 1. The van der Waals surface area contributed by atoms with Gasteiger partial charge in [0.2, 0.25) is 0 Å². The highest BCUT2D eigenvalue weighted by molar-refractivity contribution is 7.99. The van der Waals surface area contributed by atoms with Gasteiger partial charge in [0.05, 0.1) is 12.4 Å². The molecule has 0 amide bonds. The van der Waals surface area contributed by atoms with Gasteiger partial charge in [0.1, 0.15) is 5.60 Å². The molecule has 156 valence electrons. The van der Waals surface area contributed by atoms with Crippen molar-refractivity contribution in [2.75, 3.05) is 18.1 Å². The number of ketones is 2. The molecule has 0 spiro atoms. The first-order chi connectivity index (χ1) is 13.3. The lowest BCUT2D eigenvalue weighted by molar-refractivity contribution is -0.159. The third-order valence-electron chi connectivity index (χ3n) is 9.04. The van der Waals surface area contributed by atoms with Crippen LogP contribution in [0.1, 0.15) is 65.2 Å². The average Bonchev–Trinajstić information content (AvgIpc) is 2.95. The number of aliphatic hydroxyl groups excluding tert-OH is 1. The van der Waals surface area contributed by atoms with Crippen LogP contribution >= 0.6 is 11.8 Å². The number of thioether (sulfide) groups is 1.